The summed E-state index contributed by atoms with van der Waals surface area (Å²) in [5.41, 5.74) is 1.19. The summed E-state index contributed by atoms with van der Waals surface area (Å²) in [6, 6.07) is 8.29. The van der Waals surface area contributed by atoms with Gasteiger partial charge in [0, 0.05) is 6.07 Å². The van der Waals surface area contributed by atoms with E-state index in [1.54, 1.807) is 6.07 Å². The van der Waals surface area contributed by atoms with E-state index in [9.17, 15) is 22.9 Å². The molecule has 3 rings (SSSR count). The van der Waals surface area contributed by atoms with Crippen LogP contribution in [0.1, 0.15) is 25.3 Å². The van der Waals surface area contributed by atoms with Gasteiger partial charge in [0.1, 0.15) is 17.6 Å². The van der Waals surface area contributed by atoms with Crippen LogP contribution in [0.15, 0.2) is 56.8 Å². The van der Waals surface area contributed by atoms with Gasteiger partial charge in [0.15, 0.2) is 0 Å². The molecule has 1 aromatic heterocycles. The Kier molecular flexibility index (Phi) is 4.14. The predicted molar refractivity (Wildman–Crippen MR) is 93.5 cm³/mol. The standard InChI is InChI=1S/C18H16O6S/c1-10(2)13-6-4-12(25(21,22)23)8-15(13)16-9-24-17-7-11(19)3-5-14(17)18(16)20/h3-10,19H,1-2H3,(H,21,22,23). The zero-order valence-electron chi connectivity index (χ0n) is 13.6. The molecule has 0 atom stereocenters. The van der Waals surface area contributed by atoms with Crippen LogP contribution >= 0.6 is 0 Å². The minimum atomic E-state index is -4.40. The molecule has 0 aliphatic carbocycles. The van der Waals surface area contributed by atoms with Gasteiger partial charge in [-0.15, -0.1) is 0 Å². The zero-order chi connectivity index (χ0) is 18.4. The Morgan fingerprint density at radius 1 is 1.04 bits per heavy atom. The Balaban J connectivity index is 2.35. The van der Waals surface area contributed by atoms with Gasteiger partial charge >= 0.3 is 0 Å². The fourth-order valence-corrected chi connectivity index (χ4v) is 3.24. The predicted octanol–water partition coefficient (Wildman–Crippen LogP) is 3.54. The van der Waals surface area contributed by atoms with Crippen LogP contribution < -0.4 is 5.43 Å². The van der Waals surface area contributed by atoms with Gasteiger partial charge in [-0.1, -0.05) is 19.9 Å². The largest absolute Gasteiger partial charge is 0.508 e. The monoisotopic (exact) mass is 360 g/mol. The fourth-order valence-electron chi connectivity index (χ4n) is 2.74. The number of hydrogen-bond acceptors (Lipinski definition) is 5. The van der Waals surface area contributed by atoms with Crippen molar-refractivity contribution in [2.45, 2.75) is 24.7 Å². The highest BCUT2D eigenvalue weighted by Gasteiger charge is 2.19. The lowest BCUT2D eigenvalue weighted by Crippen LogP contribution is -2.08. The van der Waals surface area contributed by atoms with E-state index < -0.39 is 10.1 Å². The van der Waals surface area contributed by atoms with Crippen LogP contribution in [0.5, 0.6) is 5.75 Å². The van der Waals surface area contributed by atoms with Crippen molar-refractivity contribution in [2.24, 2.45) is 0 Å². The summed E-state index contributed by atoms with van der Waals surface area (Å²) in [6.45, 7) is 3.82. The molecular weight excluding hydrogens is 344 g/mol. The van der Waals surface area contributed by atoms with Gasteiger partial charge in [0.2, 0.25) is 5.43 Å². The van der Waals surface area contributed by atoms with E-state index in [1.807, 2.05) is 13.8 Å². The molecule has 0 aliphatic rings. The summed E-state index contributed by atoms with van der Waals surface area (Å²) < 4.78 is 37.7. The smallest absolute Gasteiger partial charge is 0.294 e. The minimum absolute atomic E-state index is 0.0142. The van der Waals surface area contributed by atoms with Gasteiger partial charge in [0.05, 0.1) is 15.8 Å². The van der Waals surface area contributed by atoms with E-state index in [1.165, 1.54) is 36.6 Å². The van der Waals surface area contributed by atoms with E-state index >= 15 is 0 Å². The van der Waals surface area contributed by atoms with Crippen molar-refractivity contribution in [3.05, 3.63) is 58.4 Å². The van der Waals surface area contributed by atoms with Crippen LogP contribution in [0.3, 0.4) is 0 Å². The molecule has 7 heteroatoms. The molecule has 0 amide bonds. The van der Waals surface area contributed by atoms with E-state index in [0.717, 1.165) is 5.56 Å². The molecule has 0 radical (unpaired) electrons. The summed E-state index contributed by atoms with van der Waals surface area (Å²) >= 11 is 0. The Hall–Kier alpha value is -2.64. The summed E-state index contributed by atoms with van der Waals surface area (Å²) in [7, 11) is -4.40. The number of fused-ring (bicyclic) bond motifs is 1. The van der Waals surface area contributed by atoms with Gasteiger partial charge in [0.25, 0.3) is 10.1 Å². The van der Waals surface area contributed by atoms with Crippen molar-refractivity contribution in [1.82, 2.24) is 0 Å². The van der Waals surface area contributed by atoms with Crippen molar-refractivity contribution in [2.75, 3.05) is 0 Å². The second-order valence-corrected chi connectivity index (χ2v) is 7.46. The van der Waals surface area contributed by atoms with Crippen LogP contribution in [-0.2, 0) is 10.1 Å². The van der Waals surface area contributed by atoms with Crippen LogP contribution in [-0.4, -0.2) is 18.1 Å². The molecule has 1 heterocycles. The lowest BCUT2D eigenvalue weighted by atomic mass is 9.93. The summed E-state index contributed by atoms with van der Waals surface area (Å²) in [4.78, 5) is 12.5. The van der Waals surface area contributed by atoms with Gasteiger partial charge in [-0.25, -0.2) is 0 Å². The normalized spacial score (nSPS) is 12.0. The molecule has 0 bridgehead atoms. The minimum Gasteiger partial charge on any atom is -0.508 e. The average Bonchev–Trinajstić information content (AvgIpc) is 2.53. The molecule has 6 nitrogen and oxygen atoms in total. The maximum Gasteiger partial charge on any atom is 0.294 e. The first-order chi connectivity index (χ1) is 11.7. The van der Waals surface area contributed by atoms with E-state index in [4.69, 9.17) is 4.42 Å². The van der Waals surface area contributed by atoms with Gasteiger partial charge in [-0.2, -0.15) is 8.42 Å². The van der Waals surface area contributed by atoms with Gasteiger partial charge < -0.3 is 9.52 Å². The molecule has 0 unspecified atom stereocenters. The highest BCUT2D eigenvalue weighted by atomic mass is 32.2. The molecule has 0 aliphatic heterocycles. The Morgan fingerprint density at radius 3 is 2.40 bits per heavy atom. The number of phenolic OH excluding ortho intramolecular Hbond substituents is 1. The van der Waals surface area contributed by atoms with Gasteiger partial charge in [-0.3, -0.25) is 9.35 Å². The average molecular weight is 360 g/mol. The SMILES string of the molecule is CC(C)c1ccc(S(=O)(=O)O)cc1-c1coc2cc(O)ccc2c1=O. The molecule has 2 aromatic carbocycles. The lowest BCUT2D eigenvalue weighted by Gasteiger charge is -2.14. The molecule has 0 saturated carbocycles. The molecule has 130 valence electrons. The zero-order valence-corrected chi connectivity index (χ0v) is 14.4. The van der Waals surface area contributed by atoms with E-state index in [2.05, 4.69) is 0 Å². The third kappa shape index (κ3) is 3.16. The first-order valence-corrected chi connectivity index (χ1v) is 8.99. The molecular formula is C18H16O6S. The summed E-state index contributed by atoms with van der Waals surface area (Å²) in [5, 5.41) is 9.76. The van der Waals surface area contributed by atoms with Crippen LogP contribution in [0, 0.1) is 0 Å². The quantitative estimate of drug-likeness (QED) is 0.692. The molecule has 0 saturated heterocycles. The first-order valence-electron chi connectivity index (χ1n) is 7.55. The molecule has 0 fully saturated rings. The molecule has 2 N–H and O–H groups in total. The van der Waals surface area contributed by atoms with Crippen molar-refractivity contribution in [1.29, 1.82) is 0 Å². The first kappa shape index (κ1) is 17.2. The van der Waals surface area contributed by atoms with E-state index in [0.29, 0.717) is 5.56 Å². The van der Waals surface area contributed by atoms with Crippen molar-refractivity contribution in [3.63, 3.8) is 0 Å². The van der Waals surface area contributed by atoms with Gasteiger partial charge in [-0.05, 0) is 41.3 Å². The van der Waals surface area contributed by atoms with E-state index in [-0.39, 0.29) is 38.5 Å². The number of benzene rings is 2. The Labute approximate surface area is 144 Å². The highest BCUT2D eigenvalue weighted by molar-refractivity contribution is 7.85. The molecule has 0 spiro atoms. The molecule has 25 heavy (non-hydrogen) atoms. The maximum atomic E-state index is 12.8. The van der Waals surface area contributed by atoms with Crippen molar-refractivity contribution >= 4 is 21.1 Å². The maximum absolute atomic E-state index is 12.8. The summed E-state index contributed by atoms with van der Waals surface area (Å²) in [5.74, 6) is -0.0139. The highest BCUT2D eigenvalue weighted by Crippen LogP contribution is 2.31. The molecule has 3 aromatic rings. The second-order valence-electron chi connectivity index (χ2n) is 6.04. The summed E-state index contributed by atoms with van der Waals surface area (Å²) in [6.07, 6.45) is 1.24. The Morgan fingerprint density at radius 2 is 1.76 bits per heavy atom. The fraction of sp³-hybridized carbons (Fsp3) is 0.167. The number of hydrogen-bond donors (Lipinski definition) is 2. The lowest BCUT2D eigenvalue weighted by molar-refractivity contribution is 0.474. The van der Waals surface area contributed by atoms with Crippen molar-refractivity contribution in [3.8, 4) is 16.9 Å². The third-order valence-electron chi connectivity index (χ3n) is 3.99. The second kappa shape index (κ2) is 6.02. The number of phenols is 1. The third-order valence-corrected chi connectivity index (χ3v) is 4.84. The van der Waals surface area contributed by atoms with Crippen LogP contribution in [0.4, 0.5) is 0 Å². The topological polar surface area (TPSA) is 105 Å². The Bertz CT molecular complexity index is 1130. The number of aromatic hydroxyl groups is 1. The number of rotatable bonds is 3. The van der Waals surface area contributed by atoms with Crippen LogP contribution in [0.25, 0.3) is 22.1 Å². The van der Waals surface area contributed by atoms with Crippen molar-refractivity contribution < 1.29 is 22.5 Å². The van der Waals surface area contributed by atoms with Crippen LogP contribution in [0.2, 0.25) is 0 Å².